The smallest absolute Gasteiger partial charge is 0.427 e. The van der Waals surface area contributed by atoms with Crippen LogP contribution in [0.25, 0.3) is 0 Å². The van der Waals surface area contributed by atoms with E-state index in [9.17, 15) is 4.79 Å². The largest absolute Gasteiger partial charge is 0.489 e. The molecule has 0 bridgehead atoms. The third-order valence-corrected chi connectivity index (χ3v) is 3.16. The van der Waals surface area contributed by atoms with Gasteiger partial charge in [0, 0.05) is 10.6 Å². The van der Waals surface area contributed by atoms with Gasteiger partial charge in [-0.05, 0) is 35.9 Å². The Morgan fingerprint density at radius 2 is 1.95 bits per heavy atom. The van der Waals surface area contributed by atoms with Gasteiger partial charge in [-0.2, -0.15) is 5.10 Å². The van der Waals surface area contributed by atoms with Crippen molar-refractivity contribution < 1.29 is 14.3 Å². The van der Waals surface area contributed by atoms with Crippen molar-refractivity contribution in [2.45, 2.75) is 6.61 Å². The van der Waals surface area contributed by atoms with Crippen molar-refractivity contribution in [2.75, 3.05) is 7.11 Å². The molecule has 0 unspecified atom stereocenters. The van der Waals surface area contributed by atoms with Crippen molar-refractivity contribution in [3.8, 4) is 5.75 Å². The van der Waals surface area contributed by atoms with E-state index in [2.05, 4.69) is 15.3 Å². The Morgan fingerprint density at radius 3 is 2.64 bits per heavy atom. The number of carbonyl (C=O) groups is 1. The van der Waals surface area contributed by atoms with Crippen LogP contribution in [0.3, 0.4) is 0 Å². The number of hydrogen-bond donors (Lipinski definition) is 1. The molecule has 114 valence electrons. The first-order valence-electron chi connectivity index (χ1n) is 6.52. The summed E-state index contributed by atoms with van der Waals surface area (Å²) in [7, 11) is 1.27. The molecule has 0 heterocycles. The Hall–Kier alpha value is -2.53. The summed E-state index contributed by atoms with van der Waals surface area (Å²) in [6, 6.07) is 14.8. The van der Waals surface area contributed by atoms with Crippen molar-refractivity contribution in [3.05, 3.63) is 64.7 Å². The van der Waals surface area contributed by atoms with Crippen LogP contribution in [0, 0.1) is 0 Å². The van der Waals surface area contributed by atoms with Crippen LogP contribution in [-0.2, 0) is 11.3 Å². The van der Waals surface area contributed by atoms with Crippen molar-refractivity contribution in [2.24, 2.45) is 5.10 Å². The second-order valence-electron chi connectivity index (χ2n) is 4.31. The van der Waals surface area contributed by atoms with Gasteiger partial charge in [-0.15, -0.1) is 0 Å². The SMILES string of the molecule is COC(=O)N/N=C\c1ccc(OCc2ccccc2Cl)cc1. The molecule has 0 aromatic heterocycles. The van der Waals surface area contributed by atoms with E-state index in [1.54, 1.807) is 0 Å². The van der Waals surface area contributed by atoms with Crippen molar-refractivity contribution in [1.29, 1.82) is 0 Å². The predicted octanol–water partition coefficient (Wildman–Crippen LogP) is 3.61. The van der Waals surface area contributed by atoms with E-state index in [1.807, 2.05) is 48.5 Å². The number of ether oxygens (including phenoxy) is 2. The summed E-state index contributed by atoms with van der Waals surface area (Å²) in [5.41, 5.74) is 3.96. The Kier molecular flexibility index (Phi) is 5.80. The molecule has 0 aliphatic heterocycles. The topological polar surface area (TPSA) is 59.9 Å². The summed E-state index contributed by atoms with van der Waals surface area (Å²) in [6.07, 6.45) is 0.894. The first kappa shape index (κ1) is 15.9. The third kappa shape index (κ3) is 4.79. The maximum Gasteiger partial charge on any atom is 0.427 e. The average molecular weight is 319 g/mol. The van der Waals surface area contributed by atoms with Gasteiger partial charge in [0.1, 0.15) is 12.4 Å². The molecule has 0 fully saturated rings. The van der Waals surface area contributed by atoms with Crippen molar-refractivity contribution in [1.82, 2.24) is 5.43 Å². The molecule has 0 atom stereocenters. The maximum absolute atomic E-state index is 10.8. The highest BCUT2D eigenvalue weighted by molar-refractivity contribution is 6.31. The molecular formula is C16H15ClN2O3. The highest BCUT2D eigenvalue weighted by Crippen LogP contribution is 2.18. The first-order valence-corrected chi connectivity index (χ1v) is 6.90. The molecule has 0 saturated carbocycles. The molecule has 0 radical (unpaired) electrons. The molecule has 2 aromatic rings. The van der Waals surface area contributed by atoms with E-state index in [0.29, 0.717) is 11.6 Å². The van der Waals surface area contributed by atoms with Crippen LogP contribution >= 0.6 is 11.6 Å². The molecule has 6 heteroatoms. The van der Waals surface area contributed by atoms with Crippen LogP contribution in [0.5, 0.6) is 5.75 Å². The summed E-state index contributed by atoms with van der Waals surface area (Å²) >= 11 is 6.07. The number of hydrazone groups is 1. The van der Waals surface area contributed by atoms with Crippen LogP contribution in [0.15, 0.2) is 53.6 Å². The molecule has 0 saturated heterocycles. The van der Waals surface area contributed by atoms with Gasteiger partial charge in [-0.3, -0.25) is 0 Å². The standard InChI is InChI=1S/C16H15ClN2O3/c1-21-16(20)19-18-10-12-6-8-14(9-7-12)22-11-13-4-2-3-5-15(13)17/h2-10H,11H2,1H3,(H,19,20)/b18-10-. The lowest BCUT2D eigenvalue weighted by atomic mass is 10.2. The lowest BCUT2D eigenvalue weighted by molar-refractivity contribution is 0.171. The number of amides is 1. The molecule has 5 nitrogen and oxygen atoms in total. The van der Waals surface area contributed by atoms with E-state index >= 15 is 0 Å². The minimum absolute atomic E-state index is 0.400. The number of halogens is 1. The quantitative estimate of drug-likeness (QED) is 0.676. The Morgan fingerprint density at radius 1 is 1.23 bits per heavy atom. The van der Waals surface area contributed by atoms with Crippen LogP contribution in [0.1, 0.15) is 11.1 Å². The molecule has 1 N–H and O–H groups in total. The highest BCUT2D eigenvalue weighted by Gasteiger charge is 2.00. The van der Waals surface area contributed by atoms with Crippen LogP contribution in [0.4, 0.5) is 4.79 Å². The first-order chi connectivity index (χ1) is 10.7. The zero-order valence-corrected chi connectivity index (χ0v) is 12.7. The van der Waals surface area contributed by atoms with Crippen molar-refractivity contribution in [3.63, 3.8) is 0 Å². The monoisotopic (exact) mass is 318 g/mol. The van der Waals surface area contributed by atoms with Gasteiger partial charge in [-0.25, -0.2) is 10.2 Å². The third-order valence-electron chi connectivity index (χ3n) is 2.79. The minimum Gasteiger partial charge on any atom is -0.489 e. The molecule has 0 spiro atoms. The lowest BCUT2D eigenvalue weighted by Gasteiger charge is -2.07. The Labute approximate surface area is 133 Å². The number of nitrogens with zero attached hydrogens (tertiary/aromatic N) is 1. The average Bonchev–Trinajstić information content (AvgIpc) is 2.55. The van der Waals surface area contributed by atoms with Gasteiger partial charge in [0.2, 0.25) is 0 Å². The summed E-state index contributed by atoms with van der Waals surface area (Å²) in [4.78, 5) is 10.8. The number of methoxy groups -OCH3 is 1. The molecule has 2 aromatic carbocycles. The van der Waals surface area contributed by atoms with Gasteiger partial charge >= 0.3 is 6.09 Å². The lowest BCUT2D eigenvalue weighted by Crippen LogP contribution is -2.16. The second-order valence-corrected chi connectivity index (χ2v) is 4.72. The zero-order chi connectivity index (χ0) is 15.8. The summed E-state index contributed by atoms with van der Waals surface area (Å²) in [5, 5.41) is 4.42. The number of carbonyl (C=O) groups excluding carboxylic acids is 1. The number of hydrogen-bond acceptors (Lipinski definition) is 4. The highest BCUT2D eigenvalue weighted by atomic mass is 35.5. The van der Waals surface area contributed by atoms with Gasteiger partial charge < -0.3 is 9.47 Å². The van der Waals surface area contributed by atoms with E-state index < -0.39 is 6.09 Å². The van der Waals surface area contributed by atoms with Gasteiger partial charge in [-0.1, -0.05) is 29.8 Å². The van der Waals surface area contributed by atoms with Gasteiger partial charge in [0.15, 0.2) is 0 Å². The maximum atomic E-state index is 10.8. The van der Waals surface area contributed by atoms with E-state index in [-0.39, 0.29) is 0 Å². The van der Waals surface area contributed by atoms with Crippen molar-refractivity contribution >= 4 is 23.9 Å². The summed E-state index contributed by atoms with van der Waals surface area (Å²) in [6.45, 7) is 0.400. The minimum atomic E-state index is -0.615. The van der Waals surface area contributed by atoms with Crippen LogP contribution in [-0.4, -0.2) is 19.4 Å². The van der Waals surface area contributed by atoms with E-state index in [0.717, 1.165) is 16.9 Å². The normalized spacial score (nSPS) is 10.5. The predicted molar refractivity (Wildman–Crippen MR) is 85.4 cm³/mol. The molecular weight excluding hydrogens is 304 g/mol. The zero-order valence-electron chi connectivity index (χ0n) is 12.0. The molecule has 22 heavy (non-hydrogen) atoms. The van der Waals surface area contributed by atoms with E-state index in [1.165, 1.54) is 13.3 Å². The number of nitrogens with one attached hydrogen (secondary N) is 1. The molecule has 2 rings (SSSR count). The molecule has 0 aliphatic carbocycles. The van der Waals surface area contributed by atoms with Crippen LogP contribution < -0.4 is 10.2 Å². The van der Waals surface area contributed by atoms with Crippen LogP contribution in [0.2, 0.25) is 5.02 Å². The molecule has 0 aliphatic rings. The van der Waals surface area contributed by atoms with Gasteiger partial charge in [0.05, 0.1) is 13.3 Å². The summed E-state index contributed by atoms with van der Waals surface area (Å²) in [5.74, 6) is 0.720. The Bertz CT molecular complexity index is 657. The fourth-order valence-corrected chi connectivity index (χ4v) is 1.82. The summed E-state index contributed by atoms with van der Waals surface area (Å²) < 4.78 is 10.1. The number of benzene rings is 2. The second kappa shape index (κ2) is 8.05. The fraction of sp³-hybridized carbons (Fsp3) is 0.125. The fourth-order valence-electron chi connectivity index (χ4n) is 1.63. The Balaban J connectivity index is 1.89. The van der Waals surface area contributed by atoms with Gasteiger partial charge in [0.25, 0.3) is 0 Å². The molecule has 1 amide bonds. The van der Waals surface area contributed by atoms with E-state index in [4.69, 9.17) is 16.3 Å². The number of rotatable bonds is 5.